The molecule has 0 aromatic heterocycles. The number of hydrogen-bond acceptors (Lipinski definition) is 2. The average Bonchev–Trinajstić information content (AvgIpc) is 2.72. The number of ether oxygens (including phenoxy) is 1. The van der Waals surface area contributed by atoms with Crippen molar-refractivity contribution in [2.45, 2.75) is 31.5 Å². The van der Waals surface area contributed by atoms with E-state index in [1.807, 2.05) is 6.92 Å². The number of nitrogens with zero attached hydrogens (tertiary/aromatic N) is 1. The van der Waals surface area contributed by atoms with Crippen LogP contribution in [-0.2, 0) is 9.53 Å². The molecule has 3 nitrogen and oxygen atoms in total. The number of hydrogen-bond donors (Lipinski definition) is 0. The van der Waals surface area contributed by atoms with E-state index < -0.39 is 9.75 Å². The summed E-state index contributed by atoms with van der Waals surface area (Å²) in [4.78, 5) is 14.2. The van der Waals surface area contributed by atoms with Crippen molar-refractivity contribution in [3.63, 3.8) is 0 Å². The molecule has 0 saturated heterocycles. The summed E-state index contributed by atoms with van der Waals surface area (Å²) >= 11 is 12.1. The zero-order chi connectivity index (χ0) is 13.3. The predicted molar refractivity (Wildman–Crippen MR) is 70.5 cm³/mol. The summed E-state index contributed by atoms with van der Waals surface area (Å²) < 4.78 is 4.13. The number of carbonyl (C=O) groups excluding carboxylic acids is 1. The standard InChI is InChI=1S/C12H21Cl2NO2/c1-9(2)7-15(5-6-17-4)10(16)11(3)8-12(11,13)14/h9H,5-8H2,1-4H3. The molecule has 1 atom stereocenters. The lowest BCUT2D eigenvalue weighted by atomic mass is 10.1. The van der Waals surface area contributed by atoms with Crippen molar-refractivity contribution in [1.82, 2.24) is 4.90 Å². The SMILES string of the molecule is COCCN(CC(C)C)C(=O)C1(C)CC1(Cl)Cl. The fourth-order valence-electron chi connectivity index (χ4n) is 1.90. The lowest BCUT2D eigenvalue weighted by molar-refractivity contribution is -0.137. The first-order valence-corrected chi connectivity index (χ1v) is 6.66. The molecule has 1 aliphatic carbocycles. The quantitative estimate of drug-likeness (QED) is 0.701. The maximum Gasteiger partial charge on any atom is 0.231 e. The van der Waals surface area contributed by atoms with Gasteiger partial charge in [0.2, 0.25) is 5.91 Å². The Morgan fingerprint density at radius 2 is 2.00 bits per heavy atom. The number of amides is 1. The molecule has 0 aromatic rings. The number of methoxy groups -OCH3 is 1. The molecule has 1 unspecified atom stereocenters. The normalized spacial score (nSPS) is 26.1. The van der Waals surface area contributed by atoms with Crippen molar-refractivity contribution in [2.24, 2.45) is 11.3 Å². The third-order valence-electron chi connectivity index (χ3n) is 3.17. The Labute approximate surface area is 113 Å². The van der Waals surface area contributed by atoms with Crippen molar-refractivity contribution in [1.29, 1.82) is 0 Å². The van der Waals surface area contributed by atoms with Crippen molar-refractivity contribution in [3.8, 4) is 0 Å². The van der Waals surface area contributed by atoms with Crippen LogP contribution in [0, 0.1) is 11.3 Å². The summed E-state index contributed by atoms with van der Waals surface area (Å²) in [6, 6.07) is 0. The van der Waals surface area contributed by atoms with Gasteiger partial charge in [-0.25, -0.2) is 0 Å². The predicted octanol–water partition coefficient (Wildman–Crippen LogP) is 2.70. The summed E-state index contributed by atoms with van der Waals surface area (Å²) in [6.07, 6.45) is 0.531. The molecule has 0 heterocycles. The van der Waals surface area contributed by atoms with E-state index in [9.17, 15) is 4.79 Å². The van der Waals surface area contributed by atoms with E-state index in [-0.39, 0.29) is 5.91 Å². The van der Waals surface area contributed by atoms with Crippen LogP contribution < -0.4 is 0 Å². The highest BCUT2D eigenvalue weighted by Gasteiger charge is 2.68. The maximum atomic E-state index is 12.4. The summed E-state index contributed by atoms with van der Waals surface area (Å²) in [7, 11) is 1.63. The van der Waals surface area contributed by atoms with Gasteiger partial charge in [0, 0.05) is 20.2 Å². The minimum atomic E-state index is -0.896. The Hall–Kier alpha value is 0.01000. The Morgan fingerprint density at radius 3 is 2.35 bits per heavy atom. The van der Waals surface area contributed by atoms with E-state index in [1.165, 1.54) is 0 Å². The molecule has 0 N–H and O–H groups in total. The lowest BCUT2D eigenvalue weighted by Crippen LogP contribution is -2.42. The molecule has 0 radical (unpaired) electrons. The van der Waals surface area contributed by atoms with Crippen molar-refractivity contribution in [3.05, 3.63) is 0 Å². The van der Waals surface area contributed by atoms with Crippen LogP contribution in [0.2, 0.25) is 0 Å². The van der Waals surface area contributed by atoms with Crippen LogP contribution in [0.3, 0.4) is 0 Å². The molecule has 0 aromatic carbocycles. The maximum absolute atomic E-state index is 12.4. The second kappa shape index (κ2) is 5.33. The molecule has 1 saturated carbocycles. The zero-order valence-corrected chi connectivity index (χ0v) is 12.4. The van der Waals surface area contributed by atoms with Gasteiger partial charge in [0.1, 0.15) is 4.33 Å². The van der Waals surface area contributed by atoms with Crippen LogP contribution in [0.5, 0.6) is 0 Å². The second-order valence-corrected chi connectivity index (χ2v) is 6.84. The molecule has 1 aliphatic rings. The van der Waals surface area contributed by atoms with E-state index in [4.69, 9.17) is 27.9 Å². The van der Waals surface area contributed by atoms with E-state index in [0.29, 0.717) is 32.0 Å². The number of carbonyl (C=O) groups is 1. The minimum absolute atomic E-state index is 0.0354. The smallest absolute Gasteiger partial charge is 0.231 e. The van der Waals surface area contributed by atoms with Crippen LogP contribution in [0.25, 0.3) is 0 Å². The third-order valence-corrected chi connectivity index (χ3v) is 4.27. The topological polar surface area (TPSA) is 29.5 Å². The highest BCUT2D eigenvalue weighted by Crippen LogP contribution is 2.64. The molecular weight excluding hydrogens is 261 g/mol. The molecule has 1 fully saturated rings. The van der Waals surface area contributed by atoms with Gasteiger partial charge in [-0.3, -0.25) is 4.79 Å². The summed E-state index contributed by atoms with van der Waals surface area (Å²) in [5.41, 5.74) is -0.626. The molecule has 0 bridgehead atoms. The van der Waals surface area contributed by atoms with Crippen LogP contribution >= 0.6 is 23.2 Å². The number of rotatable bonds is 6. The molecule has 0 aliphatic heterocycles. The van der Waals surface area contributed by atoms with Crippen LogP contribution in [-0.4, -0.2) is 41.9 Å². The van der Waals surface area contributed by atoms with Crippen molar-refractivity contribution >= 4 is 29.1 Å². The fourth-order valence-corrected chi connectivity index (χ4v) is 2.60. The van der Waals surface area contributed by atoms with Gasteiger partial charge >= 0.3 is 0 Å². The van der Waals surface area contributed by atoms with Gasteiger partial charge < -0.3 is 9.64 Å². The fraction of sp³-hybridized carbons (Fsp3) is 0.917. The third kappa shape index (κ3) is 3.27. The zero-order valence-electron chi connectivity index (χ0n) is 10.9. The number of halogens is 2. The van der Waals surface area contributed by atoms with E-state index in [0.717, 1.165) is 0 Å². The van der Waals surface area contributed by atoms with Gasteiger partial charge in [-0.2, -0.15) is 0 Å². The van der Waals surface area contributed by atoms with Gasteiger partial charge in [-0.05, 0) is 19.3 Å². The van der Waals surface area contributed by atoms with E-state index >= 15 is 0 Å². The first kappa shape index (κ1) is 15.1. The first-order chi connectivity index (χ1) is 7.74. The van der Waals surface area contributed by atoms with Gasteiger partial charge in [0.15, 0.2) is 0 Å². The average molecular weight is 282 g/mol. The molecule has 0 spiro atoms. The van der Waals surface area contributed by atoms with Gasteiger partial charge in [0.25, 0.3) is 0 Å². The Morgan fingerprint density at radius 1 is 1.47 bits per heavy atom. The van der Waals surface area contributed by atoms with Crippen LogP contribution in [0.15, 0.2) is 0 Å². The lowest BCUT2D eigenvalue weighted by Gasteiger charge is -2.28. The number of alkyl halides is 2. The molecule has 5 heteroatoms. The van der Waals surface area contributed by atoms with Crippen molar-refractivity contribution in [2.75, 3.05) is 26.8 Å². The first-order valence-electron chi connectivity index (χ1n) is 5.91. The van der Waals surface area contributed by atoms with Gasteiger partial charge in [0.05, 0.1) is 12.0 Å². The van der Waals surface area contributed by atoms with Crippen LogP contribution in [0.1, 0.15) is 27.2 Å². The van der Waals surface area contributed by atoms with E-state index in [2.05, 4.69) is 13.8 Å². The largest absolute Gasteiger partial charge is 0.383 e. The van der Waals surface area contributed by atoms with Crippen LogP contribution in [0.4, 0.5) is 0 Å². The highest BCUT2D eigenvalue weighted by molar-refractivity contribution is 6.53. The summed E-state index contributed by atoms with van der Waals surface area (Å²) in [6.45, 7) is 7.82. The van der Waals surface area contributed by atoms with Crippen molar-refractivity contribution < 1.29 is 9.53 Å². The monoisotopic (exact) mass is 281 g/mol. The minimum Gasteiger partial charge on any atom is -0.383 e. The van der Waals surface area contributed by atoms with Gasteiger partial charge in [-0.15, -0.1) is 23.2 Å². The Bertz CT molecular complexity index is 294. The molecule has 1 amide bonds. The molecule has 1 rings (SSSR count). The molecule has 17 heavy (non-hydrogen) atoms. The molecular formula is C12H21Cl2NO2. The second-order valence-electron chi connectivity index (χ2n) is 5.35. The van der Waals surface area contributed by atoms with Gasteiger partial charge in [-0.1, -0.05) is 13.8 Å². The van der Waals surface area contributed by atoms with E-state index in [1.54, 1.807) is 12.0 Å². The summed E-state index contributed by atoms with van der Waals surface area (Å²) in [5, 5.41) is 0. The summed E-state index contributed by atoms with van der Waals surface area (Å²) in [5.74, 6) is 0.450. The Kier molecular flexibility index (Phi) is 4.73. The molecule has 100 valence electrons. The Balaban J connectivity index is 2.67. The highest BCUT2D eigenvalue weighted by atomic mass is 35.5.